The van der Waals surface area contributed by atoms with Gasteiger partial charge in [-0.05, 0) is 103 Å². The maximum Gasteiger partial charge on any atom is 0.119 e. The van der Waals surface area contributed by atoms with E-state index in [1.807, 2.05) is 0 Å². The van der Waals surface area contributed by atoms with E-state index in [4.69, 9.17) is 4.74 Å². The molecule has 40 heavy (non-hydrogen) atoms. The van der Waals surface area contributed by atoms with Crippen molar-refractivity contribution in [3.05, 3.63) is 102 Å². The van der Waals surface area contributed by atoms with Crippen LogP contribution in [0.5, 0.6) is 5.75 Å². The van der Waals surface area contributed by atoms with Crippen LogP contribution >= 0.6 is 0 Å². The number of unbranched alkanes of at least 4 members (excludes halogenated alkanes) is 2. The van der Waals surface area contributed by atoms with Crippen molar-refractivity contribution in [2.75, 3.05) is 26.3 Å². The first-order valence-electron chi connectivity index (χ1n) is 15.5. The second-order valence-electron chi connectivity index (χ2n) is 11.8. The maximum absolute atomic E-state index is 9.73. The number of hydrogen-bond acceptors (Lipinski definition) is 3. The summed E-state index contributed by atoms with van der Waals surface area (Å²) in [6, 6.07) is 23.9. The number of fused-ring (bicyclic) bond motifs is 1. The number of ether oxygens (including phenoxy) is 1. The van der Waals surface area contributed by atoms with Gasteiger partial charge in [0.2, 0.25) is 0 Å². The first-order chi connectivity index (χ1) is 19.6. The minimum atomic E-state index is 0.203. The predicted octanol–water partition coefficient (Wildman–Crippen LogP) is 8.75. The molecule has 0 heterocycles. The van der Waals surface area contributed by atoms with Crippen LogP contribution in [0.4, 0.5) is 0 Å². The minimum Gasteiger partial charge on any atom is -0.494 e. The van der Waals surface area contributed by atoms with Gasteiger partial charge in [-0.15, -0.1) is 0 Å². The van der Waals surface area contributed by atoms with E-state index >= 15 is 0 Å². The average molecular weight is 540 g/mol. The number of aliphatic hydroxyl groups excluding tert-OH is 1. The van der Waals surface area contributed by atoms with Gasteiger partial charge in [-0.25, -0.2) is 0 Å². The number of allylic oxidation sites excluding steroid dienone is 4. The highest BCUT2D eigenvalue weighted by atomic mass is 16.5. The summed E-state index contributed by atoms with van der Waals surface area (Å²) in [4.78, 5) is 2.43. The lowest BCUT2D eigenvalue weighted by molar-refractivity contribution is 0.164. The zero-order valence-electron chi connectivity index (χ0n) is 24.7. The van der Waals surface area contributed by atoms with Gasteiger partial charge in [0.15, 0.2) is 0 Å². The van der Waals surface area contributed by atoms with Crippen molar-refractivity contribution in [1.29, 1.82) is 0 Å². The van der Waals surface area contributed by atoms with Crippen LogP contribution in [0, 0.1) is 11.8 Å². The van der Waals surface area contributed by atoms with Gasteiger partial charge >= 0.3 is 0 Å². The SMILES string of the molecule is CC(C)C=CCC1=CCC(CN(CCO)Cc2ccc3cc(OCCCCCc4ccccc4)ccc3c2)CC1. The molecule has 0 amide bonds. The molecule has 4 rings (SSSR count). The Balaban J connectivity index is 1.23. The number of hydrogen-bond donors (Lipinski definition) is 1. The van der Waals surface area contributed by atoms with E-state index in [2.05, 4.69) is 104 Å². The Morgan fingerprint density at radius 3 is 2.55 bits per heavy atom. The van der Waals surface area contributed by atoms with Gasteiger partial charge in [-0.3, -0.25) is 4.90 Å². The van der Waals surface area contributed by atoms with E-state index in [0.29, 0.717) is 11.8 Å². The van der Waals surface area contributed by atoms with Crippen molar-refractivity contribution < 1.29 is 9.84 Å². The molecule has 0 aromatic heterocycles. The molecule has 0 radical (unpaired) electrons. The second kappa shape index (κ2) is 16.4. The molecule has 3 heteroatoms. The Bertz CT molecular complexity index is 1210. The average Bonchev–Trinajstić information content (AvgIpc) is 2.96. The van der Waals surface area contributed by atoms with E-state index in [0.717, 1.165) is 57.7 Å². The van der Waals surface area contributed by atoms with Crippen LogP contribution in [0.2, 0.25) is 0 Å². The normalized spacial score (nSPS) is 15.8. The van der Waals surface area contributed by atoms with Crippen LogP contribution in [0.25, 0.3) is 10.8 Å². The van der Waals surface area contributed by atoms with Crippen molar-refractivity contribution in [3.63, 3.8) is 0 Å². The summed E-state index contributed by atoms with van der Waals surface area (Å²) < 4.78 is 6.07. The topological polar surface area (TPSA) is 32.7 Å². The third-order valence-electron chi connectivity index (χ3n) is 7.95. The highest BCUT2D eigenvalue weighted by molar-refractivity contribution is 5.84. The standard InChI is InChI=1S/C37H49NO2/c1-30(2)10-9-14-32-15-17-33(18-16-32)28-38(23-24-39)29-34-19-20-36-27-37(22-21-35(36)26-34)40-25-8-4-7-13-31-11-5-3-6-12-31/h3,5-6,9-12,15,19-22,26-27,30,33,39H,4,7-8,13-14,16-18,23-25,28-29H2,1-2H3. The van der Waals surface area contributed by atoms with Crippen LogP contribution in [0.3, 0.4) is 0 Å². The van der Waals surface area contributed by atoms with Crippen LogP contribution in [0.1, 0.15) is 69.9 Å². The van der Waals surface area contributed by atoms with Crippen molar-refractivity contribution in [3.8, 4) is 5.75 Å². The molecule has 214 valence electrons. The van der Waals surface area contributed by atoms with E-state index in [9.17, 15) is 5.11 Å². The van der Waals surface area contributed by atoms with Gasteiger partial charge in [0, 0.05) is 19.6 Å². The van der Waals surface area contributed by atoms with E-state index in [1.165, 1.54) is 47.6 Å². The highest BCUT2D eigenvalue weighted by Crippen LogP contribution is 2.28. The predicted molar refractivity (Wildman–Crippen MR) is 170 cm³/mol. The Kier molecular flexibility index (Phi) is 12.3. The molecule has 1 aliphatic carbocycles. The summed E-state index contributed by atoms with van der Waals surface area (Å²) in [5, 5.41) is 12.2. The number of nitrogens with zero attached hydrogens (tertiary/aromatic N) is 1. The Labute approximate surface area is 242 Å². The Morgan fingerprint density at radius 1 is 0.950 bits per heavy atom. The zero-order valence-corrected chi connectivity index (χ0v) is 24.7. The Morgan fingerprint density at radius 2 is 1.77 bits per heavy atom. The zero-order chi connectivity index (χ0) is 28.0. The van der Waals surface area contributed by atoms with Crippen LogP contribution in [-0.4, -0.2) is 36.3 Å². The molecule has 3 nitrogen and oxygen atoms in total. The molecule has 0 saturated heterocycles. The van der Waals surface area contributed by atoms with E-state index < -0.39 is 0 Å². The van der Waals surface area contributed by atoms with Gasteiger partial charge in [-0.2, -0.15) is 0 Å². The highest BCUT2D eigenvalue weighted by Gasteiger charge is 2.18. The van der Waals surface area contributed by atoms with Crippen LogP contribution in [-0.2, 0) is 13.0 Å². The van der Waals surface area contributed by atoms with Gasteiger partial charge in [-0.1, -0.05) is 86.2 Å². The fourth-order valence-corrected chi connectivity index (χ4v) is 5.69. The van der Waals surface area contributed by atoms with Gasteiger partial charge in [0.1, 0.15) is 5.75 Å². The van der Waals surface area contributed by atoms with Crippen molar-refractivity contribution in [2.24, 2.45) is 11.8 Å². The number of benzene rings is 3. The van der Waals surface area contributed by atoms with E-state index in [-0.39, 0.29) is 6.61 Å². The van der Waals surface area contributed by atoms with Gasteiger partial charge in [0.05, 0.1) is 13.2 Å². The summed E-state index contributed by atoms with van der Waals surface area (Å²) in [7, 11) is 0. The van der Waals surface area contributed by atoms with Crippen molar-refractivity contribution in [1.82, 2.24) is 4.90 Å². The third-order valence-corrected chi connectivity index (χ3v) is 7.95. The lowest BCUT2D eigenvalue weighted by Crippen LogP contribution is -2.32. The molecule has 1 unspecified atom stereocenters. The van der Waals surface area contributed by atoms with E-state index in [1.54, 1.807) is 5.57 Å². The van der Waals surface area contributed by atoms with Gasteiger partial charge < -0.3 is 9.84 Å². The molecule has 1 N–H and O–H groups in total. The molecular formula is C37H49NO2. The van der Waals surface area contributed by atoms with Crippen LogP contribution < -0.4 is 4.74 Å². The quantitative estimate of drug-likeness (QED) is 0.146. The van der Waals surface area contributed by atoms with Crippen LogP contribution in [0.15, 0.2) is 90.5 Å². The smallest absolute Gasteiger partial charge is 0.119 e. The lowest BCUT2D eigenvalue weighted by atomic mass is 9.87. The third kappa shape index (κ3) is 10.3. The largest absolute Gasteiger partial charge is 0.494 e. The molecule has 0 saturated carbocycles. The molecule has 1 aliphatic rings. The number of rotatable bonds is 16. The Hall–Kier alpha value is -2.88. The monoisotopic (exact) mass is 539 g/mol. The first kappa shape index (κ1) is 30.1. The summed E-state index contributed by atoms with van der Waals surface area (Å²) in [6.45, 7) is 8.07. The molecule has 0 fully saturated rings. The summed E-state index contributed by atoms with van der Waals surface area (Å²) in [5.74, 6) is 2.25. The minimum absolute atomic E-state index is 0.203. The first-order valence-corrected chi connectivity index (χ1v) is 15.5. The fraction of sp³-hybridized carbons (Fsp3) is 0.459. The second-order valence-corrected chi connectivity index (χ2v) is 11.8. The molecule has 0 spiro atoms. The summed E-state index contributed by atoms with van der Waals surface area (Å²) in [6.07, 6.45) is 16.4. The lowest BCUT2D eigenvalue weighted by Gasteiger charge is -2.29. The molecule has 3 aromatic rings. The number of aryl methyl sites for hydroxylation is 1. The van der Waals surface area contributed by atoms with Crippen molar-refractivity contribution >= 4 is 10.8 Å². The molecule has 3 aromatic carbocycles. The van der Waals surface area contributed by atoms with Gasteiger partial charge in [0.25, 0.3) is 0 Å². The summed E-state index contributed by atoms with van der Waals surface area (Å²) >= 11 is 0. The molecular weight excluding hydrogens is 490 g/mol. The fourth-order valence-electron chi connectivity index (χ4n) is 5.69. The van der Waals surface area contributed by atoms with Crippen molar-refractivity contribution in [2.45, 2.75) is 71.8 Å². The molecule has 0 aliphatic heterocycles. The maximum atomic E-state index is 9.73. The molecule has 1 atom stereocenters. The number of aliphatic hydroxyl groups is 1. The molecule has 0 bridgehead atoms. The summed E-state index contributed by atoms with van der Waals surface area (Å²) in [5.41, 5.74) is 4.31.